The number of carbonyl (C=O) groups is 1. The van der Waals surface area contributed by atoms with Crippen LogP contribution >= 0.6 is 0 Å². The van der Waals surface area contributed by atoms with E-state index in [0.29, 0.717) is 19.5 Å². The first-order chi connectivity index (χ1) is 13.7. The van der Waals surface area contributed by atoms with Gasteiger partial charge < -0.3 is 10.3 Å². The van der Waals surface area contributed by atoms with E-state index in [2.05, 4.69) is 59.5 Å². The lowest BCUT2D eigenvalue weighted by molar-refractivity contribution is -0.125. The minimum Gasteiger partial charge on any atom is -0.361 e. The van der Waals surface area contributed by atoms with Crippen LogP contribution < -0.4 is 5.32 Å². The molecule has 150 valence electrons. The normalized spacial score (nSPS) is 21.6. The molecule has 2 atom stereocenters. The molecule has 28 heavy (non-hydrogen) atoms. The lowest BCUT2D eigenvalue weighted by Crippen LogP contribution is -2.50. The molecule has 2 aromatic rings. The van der Waals surface area contributed by atoms with Crippen molar-refractivity contribution in [1.29, 1.82) is 0 Å². The topological polar surface area (TPSA) is 48.1 Å². The molecular weight excluding hydrogens is 353 g/mol. The molecule has 2 aliphatic rings. The maximum atomic E-state index is 13.0. The van der Waals surface area contributed by atoms with Crippen LogP contribution in [0, 0.1) is 5.92 Å². The Bertz CT molecular complexity index is 883. The van der Waals surface area contributed by atoms with Crippen LogP contribution in [0.3, 0.4) is 0 Å². The monoisotopic (exact) mass is 383 g/mol. The van der Waals surface area contributed by atoms with Crippen molar-refractivity contribution < 1.29 is 9.18 Å². The van der Waals surface area contributed by atoms with Crippen LogP contribution in [-0.4, -0.2) is 47.6 Å². The van der Waals surface area contributed by atoms with Gasteiger partial charge in [0.1, 0.15) is 0 Å². The number of benzene rings is 1. The van der Waals surface area contributed by atoms with Crippen LogP contribution in [0.15, 0.2) is 30.5 Å². The third-order valence-electron chi connectivity index (χ3n) is 6.37. The second-order valence-electron chi connectivity index (χ2n) is 8.05. The van der Waals surface area contributed by atoms with Gasteiger partial charge in [-0.3, -0.25) is 14.1 Å². The average Bonchev–Trinajstić information content (AvgIpc) is 3.14. The summed E-state index contributed by atoms with van der Waals surface area (Å²) >= 11 is 0. The number of carbonyl (C=O) groups excluding carboxylic acids is 1. The summed E-state index contributed by atoms with van der Waals surface area (Å²) in [5, 5.41) is 4.48. The molecule has 4 rings (SSSR count). The molecule has 0 fully saturated rings. The van der Waals surface area contributed by atoms with E-state index in [1.165, 1.54) is 22.1 Å². The van der Waals surface area contributed by atoms with Gasteiger partial charge in [-0.1, -0.05) is 32.1 Å². The molecule has 2 N–H and O–H groups in total. The van der Waals surface area contributed by atoms with Gasteiger partial charge in [0, 0.05) is 42.3 Å². The summed E-state index contributed by atoms with van der Waals surface area (Å²) in [7, 11) is 0. The zero-order valence-corrected chi connectivity index (χ0v) is 16.8. The Labute approximate surface area is 166 Å². The van der Waals surface area contributed by atoms with Crippen LogP contribution in [0.25, 0.3) is 16.5 Å². The van der Waals surface area contributed by atoms with Crippen LogP contribution in [0.4, 0.5) is 4.39 Å². The number of hydrogen-bond acceptors (Lipinski definition) is 2. The molecule has 0 bridgehead atoms. The Kier molecular flexibility index (Phi) is 5.54. The maximum absolute atomic E-state index is 13.0. The highest BCUT2D eigenvalue weighted by atomic mass is 19.1. The molecule has 0 unspecified atom stereocenters. The third kappa shape index (κ3) is 3.37. The molecule has 0 spiro atoms. The maximum Gasteiger partial charge on any atom is 0.228 e. The van der Waals surface area contributed by atoms with E-state index >= 15 is 0 Å². The van der Waals surface area contributed by atoms with E-state index in [1.807, 2.05) is 0 Å². The van der Waals surface area contributed by atoms with Crippen LogP contribution in [0.5, 0.6) is 0 Å². The molecule has 1 aliphatic carbocycles. The highest BCUT2D eigenvalue weighted by molar-refractivity contribution is 5.99. The number of fused-ring (bicyclic) bond motifs is 2. The summed E-state index contributed by atoms with van der Waals surface area (Å²) in [5.74, 6) is -0.0980. The van der Waals surface area contributed by atoms with Crippen molar-refractivity contribution in [1.82, 2.24) is 15.2 Å². The van der Waals surface area contributed by atoms with Gasteiger partial charge >= 0.3 is 0 Å². The Morgan fingerprint density at radius 2 is 2.18 bits per heavy atom. The molecule has 1 aromatic heterocycles. The minimum absolute atomic E-state index is 0.0944. The predicted octanol–water partition coefficient (Wildman–Crippen LogP) is 4.07. The third-order valence-corrected chi connectivity index (χ3v) is 6.37. The summed E-state index contributed by atoms with van der Waals surface area (Å²) in [5.41, 5.74) is 4.91. The van der Waals surface area contributed by atoms with E-state index in [1.54, 1.807) is 0 Å². The standard InChI is InChI=1S/C23H30FN3O/c1-3-17(4-2)26-23(28)16-11-19-18-7-5-8-20-22(18)15(13-25-20)12-21(19)27(14-16)10-6-9-24/h5,7-8,11,13,16-17,21,25H,3-4,6,9-10,12,14H2,1-2H3,(H,26,28)/t16-,21-/m1/s1. The summed E-state index contributed by atoms with van der Waals surface area (Å²) in [4.78, 5) is 18.7. The zero-order chi connectivity index (χ0) is 19.7. The highest BCUT2D eigenvalue weighted by Gasteiger charge is 2.37. The summed E-state index contributed by atoms with van der Waals surface area (Å²) in [6.07, 6.45) is 7.57. The summed E-state index contributed by atoms with van der Waals surface area (Å²) in [6.45, 7) is 5.23. The number of aromatic nitrogens is 1. The van der Waals surface area contributed by atoms with Gasteiger partial charge in [-0.05, 0) is 48.4 Å². The molecule has 1 amide bonds. The SMILES string of the molecule is CCC(CC)NC(=O)[C@@H]1C=C2c3cccc4[nH]cc(c34)C[C@H]2N(CCCF)C1. The van der Waals surface area contributed by atoms with Crippen molar-refractivity contribution in [2.45, 2.75) is 51.6 Å². The first kappa shape index (κ1) is 19.2. The van der Waals surface area contributed by atoms with E-state index < -0.39 is 0 Å². The molecule has 5 heteroatoms. The van der Waals surface area contributed by atoms with E-state index in [9.17, 15) is 9.18 Å². The highest BCUT2D eigenvalue weighted by Crippen LogP contribution is 2.41. The van der Waals surface area contributed by atoms with Gasteiger partial charge in [-0.15, -0.1) is 0 Å². The van der Waals surface area contributed by atoms with Crippen molar-refractivity contribution in [3.63, 3.8) is 0 Å². The van der Waals surface area contributed by atoms with Gasteiger partial charge in [-0.2, -0.15) is 0 Å². The number of hydrogen-bond donors (Lipinski definition) is 2. The van der Waals surface area contributed by atoms with Crippen molar-refractivity contribution in [2.75, 3.05) is 19.8 Å². The quantitative estimate of drug-likeness (QED) is 0.757. The van der Waals surface area contributed by atoms with Gasteiger partial charge in [0.25, 0.3) is 0 Å². The van der Waals surface area contributed by atoms with E-state index in [0.717, 1.165) is 24.8 Å². The smallest absolute Gasteiger partial charge is 0.228 e. The Morgan fingerprint density at radius 3 is 2.93 bits per heavy atom. The first-order valence-corrected chi connectivity index (χ1v) is 10.6. The number of alkyl halides is 1. The fraction of sp³-hybridized carbons (Fsp3) is 0.522. The van der Waals surface area contributed by atoms with Crippen molar-refractivity contribution >= 4 is 22.4 Å². The van der Waals surface area contributed by atoms with Gasteiger partial charge in [0.05, 0.1) is 12.6 Å². The van der Waals surface area contributed by atoms with Crippen LogP contribution in [-0.2, 0) is 11.2 Å². The number of nitrogens with zero attached hydrogens (tertiary/aromatic N) is 1. The number of aromatic amines is 1. The summed E-state index contributed by atoms with van der Waals surface area (Å²) in [6, 6.07) is 6.77. The molecule has 0 saturated carbocycles. The molecular formula is C23H30FN3O. The lowest BCUT2D eigenvalue weighted by Gasteiger charge is -2.41. The largest absolute Gasteiger partial charge is 0.361 e. The number of H-pyrrole nitrogens is 1. The van der Waals surface area contributed by atoms with Crippen molar-refractivity contribution in [3.05, 3.63) is 41.6 Å². The minimum atomic E-state index is -0.322. The van der Waals surface area contributed by atoms with E-state index in [4.69, 9.17) is 0 Å². The predicted molar refractivity (Wildman–Crippen MR) is 112 cm³/mol. The van der Waals surface area contributed by atoms with Gasteiger partial charge in [0.2, 0.25) is 5.91 Å². The zero-order valence-electron chi connectivity index (χ0n) is 16.8. The van der Waals surface area contributed by atoms with Crippen LogP contribution in [0.1, 0.15) is 44.2 Å². The van der Waals surface area contributed by atoms with E-state index in [-0.39, 0.29) is 30.6 Å². The van der Waals surface area contributed by atoms with Crippen molar-refractivity contribution in [3.8, 4) is 0 Å². The average molecular weight is 384 g/mol. The Morgan fingerprint density at radius 1 is 1.36 bits per heavy atom. The molecule has 2 heterocycles. The molecule has 4 nitrogen and oxygen atoms in total. The molecule has 0 radical (unpaired) electrons. The number of amides is 1. The number of halogens is 1. The fourth-order valence-electron chi connectivity index (χ4n) is 4.80. The second-order valence-corrected chi connectivity index (χ2v) is 8.05. The second kappa shape index (κ2) is 8.08. The molecule has 1 aliphatic heterocycles. The Balaban J connectivity index is 1.71. The number of rotatable bonds is 7. The van der Waals surface area contributed by atoms with Gasteiger partial charge in [-0.25, -0.2) is 0 Å². The fourth-order valence-corrected chi connectivity index (χ4v) is 4.80. The van der Waals surface area contributed by atoms with Crippen molar-refractivity contribution in [2.24, 2.45) is 5.92 Å². The van der Waals surface area contributed by atoms with Gasteiger partial charge in [0.15, 0.2) is 0 Å². The molecule has 1 aromatic carbocycles. The summed E-state index contributed by atoms with van der Waals surface area (Å²) < 4.78 is 12.9. The lowest BCUT2D eigenvalue weighted by atomic mass is 9.79. The van der Waals surface area contributed by atoms with Crippen LogP contribution in [0.2, 0.25) is 0 Å². The Hall–Kier alpha value is -2.14. The molecule has 0 saturated heterocycles. The first-order valence-electron chi connectivity index (χ1n) is 10.6. The number of nitrogens with one attached hydrogen (secondary N) is 2.